The molecule has 0 aliphatic carbocycles. The standard InChI is InChI=1S/C7H13NO4/c1-7(2,5(9)11-3)4-12-6(8)10/h4H2,1-3H3,(H2,8,10). The summed E-state index contributed by atoms with van der Waals surface area (Å²) in [6.07, 6.45) is -0.896. The number of ether oxygens (including phenoxy) is 2. The van der Waals surface area contributed by atoms with Crippen LogP contribution in [0, 0.1) is 5.41 Å². The Hall–Kier alpha value is -1.26. The van der Waals surface area contributed by atoms with Crippen molar-refractivity contribution in [2.75, 3.05) is 13.7 Å². The lowest BCUT2D eigenvalue weighted by molar-refractivity contribution is -0.152. The highest BCUT2D eigenvalue weighted by atomic mass is 16.6. The third-order valence-electron chi connectivity index (χ3n) is 1.31. The van der Waals surface area contributed by atoms with Gasteiger partial charge in [0.25, 0.3) is 0 Å². The van der Waals surface area contributed by atoms with E-state index in [1.54, 1.807) is 13.8 Å². The SMILES string of the molecule is COC(=O)C(C)(C)COC(N)=O. The van der Waals surface area contributed by atoms with Gasteiger partial charge in [-0.25, -0.2) is 4.79 Å². The molecule has 0 aromatic heterocycles. The summed E-state index contributed by atoms with van der Waals surface area (Å²) in [5.41, 5.74) is 3.88. The summed E-state index contributed by atoms with van der Waals surface area (Å²) >= 11 is 0. The van der Waals surface area contributed by atoms with Gasteiger partial charge in [-0.2, -0.15) is 0 Å². The highest BCUT2D eigenvalue weighted by Gasteiger charge is 2.30. The first-order chi connectivity index (χ1) is 5.40. The second-order valence-electron chi connectivity index (χ2n) is 2.98. The molecular weight excluding hydrogens is 162 g/mol. The van der Waals surface area contributed by atoms with Crippen LogP contribution in [0.4, 0.5) is 4.79 Å². The lowest BCUT2D eigenvalue weighted by atomic mass is 9.95. The van der Waals surface area contributed by atoms with Gasteiger partial charge in [0.15, 0.2) is 0 Å². The molecule has 0 heterocycles. The van der Waals surface area contributed by atoms with E-state index in [9.17, 15) is 9.59 Å². The third-order valence-corrected chi connectivity index (χ3v) is 1.31. The molecule has 0 aromatic rings. The molecule has 0 saturated heterocycles. The van der Waals surface area contributed by atoms with Crippen LogP contribution in [0.3, 0.4) is 0 Å². The van der Waals surface area contributed by atoms with Gasteiger partial charge in [0.2, 0.25) is 0 Å². The van der Waals surface area contributed by atoms with Crippen LogP contribution in [0.1, 0.15) is 13.8 Å². The minimum absolute atomic E-state index is 0.0744. The van der Waals surface area contributed by atoms with E-state index in [1.807, 2.05) is 0 Å². The second kappa shape index (κ2) is 3.94. The monoisotopic (exact) mass is 175 g/mol. The minimum atomic E-state index is -0.896. The van der Waals surface area contributed by atoms with E-state index >= 15 is 0 Å². The Kier molecular flexibility index (Phi) is 3.53. The zero-order chi connectivity index (χ0) is 9.78. The molecule has 70 valence electrons. The molecule has 12 heavy (non-hydrogen) atoms. The molecule has 0 rings (SSSR count). The topological polar surface area (TPSA) is 78.6 Å². The zero-order valence-corrected chi connectivity index (χ0v) is 7.42. The van der Waals surface area contributed by atoms with Gasteiger partial charge >= 0.3 is 12.1 Å². The molecule has 0 radical (unpaired) electrons. The number of primary amides is 1. The first kappa shape index (κ1) is 10.7. The van der Waals surface area contributed by atoms with Gasteiger partial charge in [-0.1, -0.05) is 0 Å². The molecule has 0 atom stereocenters. The zero-order valence-electron chi connectivity index (χ0n) is 7.42. The lowest BCUT2D eigenvalue weighted by Gasteiger charge is -2.19. The van der Waals surface area contributed by atoms with Crippen molar-refractivity contribution in [1.82, 2.24) is 0 Å². The molecular formula is C7H13NO4. The van der Waals surface area contributed by atoms with Crippen LogP contribution < -0.4 is 5.73 Å². The maximum Gasteiger partial charge on any atom is 0.404 e. The molecule has 0 fully saturated rings. The number of methoxy groups -OCH3 is 1. The fourth-order valence-corrected chi connectivity index (χ4v) is 0.587. The number of esters is 1. The van der Waals surface area contributed by atoms with Gasteiger partial charge in [0.05, 0.1) is 12.5 Å². The van der Waals surface area contributed by atoms with Crippen LogP contribution in [0.25, 0.3) is 0 Å². The van der Waals surface area contributed by atoms with Gasteiger partial charge < -0.3 is 15.2 Å². The smallest absolute Gasteiger partial charge is 0.404 e. The maximum atomic E-state index is 11.0. The fourth-order valence-electron chi connectivity index (χ4n) is 0.587. The van der Waals surface area contributed by atoms with E-state index in [4.69, 9.17) is 5.73 Å². The highest BCUT2D eigenvalue weighted by molar-refractivity contribution is 5.76. The Morgan fingerprint density at radius 2 is 1.92 bits per heavy atom. The molecule has 5 nitrogen and oxygen atoms in total. The first-order valence-corrected chi connectivity index (χ1v) is 3.41. The van der Waals surface area contributed by atoms with Crippen molar-refractivity contribution >= 4 is 12.1 Å². The molecule has 1 amide bonds. The highest BCUT2D eigenvalue weighted by Crippen LogP contribution is 2.16. The molecule has 0 aliphatic heterocycles. The van der Waals surface area contributed by atoms with Crippen LogP contribution >= 0.6 is 0 Å². The number of carbonyl (C=O) groups is 2. The molecule has 0 aromatic carbocycles. The molecule has 2 N–H and O–H groups in total. The van der Waals surface area contributed by atoms with Gasteiger partial charge in [0.1, 0.15) is 6.61 Å². The average Bonchev–Trinajstić information content (AvgIpc) is 1.99. The quantitative estimate of drug-likeness (QED) is 0.625. The summed E-state index contributed by atoms with van der Waals surface area (Å²) in [5, 5.41) is 0. The number of nitrogens with two attached hydrogens (primary N) is 1. The Morgan fingerprint density at radius 1 is 1.42 bits per heavy atom. The van der Waals surface area contributed by atoms with Gasteiger partial charge in [-0.15, -0.1) is 0 Å². The van der Waals surface area contributed by atoms with E-state index in [0.717, 1.165) is 0 Å². The van der Waals surface area contributed by atoms with Crippen molar-refractivity contribution in [2.45, 2.75) is 13.8 Å². The number of hydrogen-bond donors (Lipinski definition) is 1. The Morgan fingerprint density at radius 3 is 2.25 bits per heavy atom. The van der Waals surface area contributed by atoms with Crippen LogP contribution in [-0.4, -0.2) is 25.8 Å². The fraction of sp³-hybridized carbons (Fsp3) is 0.714. The second-order valence-corrected chi connectivity index (χ2v) is 2.98. The molecule has 0 unspecified atom stereocenters. The van der Waals surface area contributed by atoms with Crippen LogP contribution in [-0.2, 0) is 14.3 Å². The first-order valence-electron chi connectivity index (χ1n) is 3.41. The van der Waals surface area contributed by atoms with E-state index in [2.05, 4.69) is 9.47 Å². The minimum Gasteiger partial charge on any atom is -0.469 e. The van der Waals surface area contributed by atoms with Crippen molar-refractivity contribution in [3.05, 3.63) is 0 Å². The van der Waals surface area contributed by atoms with Crippen molar-refractivity contribution < 1.29 is 19.1 Å². The molecule has 0 aliphatic rings. The van der Waals surface area contributed by atoms with Crippen LogP contribution in [0.5, 0.6) is 0 Å². The van der Waals surface area contributed by atoms with Gasteiger partial charge in [-0.3, -0.25) is 4.79 Å². The summed E-state index contributed by atoms with van der Waals surface area (Å²) in [7, 11) is 1.27. The van der Waals surface area contributed by atoms with Gasteiger partial charge in [0, 0.05) is 0 Å². The van der Waals surface area contributed by atoms with Crippen molar-refractivity contribution in [1.29, 1.82) is 0 Å². The Bertz CT molecular complexity index is 188. The van der Waals surface area contributed by atoms with Crippen molar-refractivity contribution in [3.8, 4) is 0 Å². The lowest BCUT2D eigenvalue weighted by Crippen LogP contribution is -2.33. The van der Waals surface area contributed by atoms with E-state index in [-0.39, 0.29) is 6.61 Å². The number of carbonyl (C=O) groups excluding carboxylic acids is 2. The maximum absolute atomic E-state index is 11.0. The predicted molar refractivity (Wildman–Crippen MR) is 41.3 cm³/mol. The van der Waals surface area contributed by atoms with Gasteiger partial charge in [-0.05, 0) is 13.8 Å². The Labute approximate surface area is 70.8 Å². The summed E-state index contributed by atoms with van der Waals surface area (Å²) in [4.78, 5) is 21.2. The summed E-state index contributed by atoms with van der Waals surface area (Å²) in [6, 6.07) is 0. The average molecular weight is 175 g/mol. The number of hydrogen-bond acceptors (Lipinski definition) is 4. The molecule has 0 saturated carbocycles. The summed E-state index contributed by atoms with van der Waals surface area (Å²) < 4.78 is 8.94. The third kappa shape index (κ3) is 3.23. The van der Waals surface area contributed by atoms with E-state index < -0.39 is 17.5 Å². The van der Waals surface area contributed by atoms with Crippen molar-refractivity contribution in [2.24, 2.45) is 11.1 Å². The molecule has 5 heteroatoms. The number of amides is 1. The summed E-state index contributed by atoms with van der Waals surface area (Å²) in [6.45, 7) is 3.12. The van der Waals surface area contributed by atoms with Crippen LogP contribution in [0.2, 0.25) is 0 Å². The van der Waals surface area contributed by atoms with E-state index in [0.29, 0.717) is 0 Å². The predicted octanol–water partition coefficient (Wildman–Crippen LogP) is 0.281. The van der Waals surface area contributed by atoms with Crippen molar-refractivity contribution in [3.63, 3.8) is 0 Å². The normalized spacial score (nSPS) is 10.6. The largest absolute Gasteiger partial charge is 0.469 e. The Balaban J connectivity index is 4.03. The molecule has 0 spiro atoms. The summed E-state index contributed by atoms with van der Waals surface area (Å²) in [5.74, 6) is -0.441. The molecule has 0 bridgehead atoms. The van der Waals surface area contributed by atoms with Crippen LogP contribution in [0.15, 0.2) is 0 Å². The number of rotatable bonds is 3. The van der Waals surface area contributed by atoms with E-state index in [1.165, 1.54) is 7.11 Å².